The molecule has 21 heavy (non-hydrogen) atoms. The van der Waals surface area contributed by atoms with Crippen molar-refractivity contribution in [1.82, 2.24) is 0 Å². The maximum atomic E-state index is 10.8. The number of aliphatic hydroxyl groups is 1. The lowest BCUT2D eigenvalue weighted by atomic mass is 9.95. The van der Waals surface area contributed by atoms with Gasteiger partial charge in [0.25, 0.3) is 0 Å². The molecule has 1 heterocycles. The highest BCUT2D eigenvalue weighted by Crippen LogP contribution is 2.38. The van der Waals surface area contributed by atoms with Gasteiger partial charge in [-0.2, -0.15) is 0 Å². The summed E-state index contributed by atoms with van der Waals surface area (Å²) in [6.45, 7) is 0.704. The van der Waals surface area contributed by atoms with Crippen molar-refractivity contribution in [3.8, 4) is 11.5 Å². The molecule has 3 nitrogen and oxygen atoms in total. The van der Waals surface area contributed by atoms with Gasteiger partial charge in [0.15, 0.2) is 0 Å². The largest absolute Gasteiger partial charge is 0.497 e. The van der Waals surface area contributed by atoms with Crippen LogP contribution in [0.15, 0.2) is 40.9 Å². The predicted molar refractivity (Wildman–Crippen MR) is 85.0 cm³/mol. The van der Waals surface area contributed by atoms with E-state index in [2.05, 4.69) is 22.0 Å². The third-order valence-electron chi connectivity index (χ3n) is 3.76. The summed E-state index contributed by atoms with van der Waals surface area (Å²) in [6.07, 6.45) is 1.27. The lowest BCUT2D eigenvalue weighted by molar-refractivity contribution is 0.205. The number of benzene rings is 2. The van der Waals surface area contributed by atoms with Crippen LogP contribution < -0.4 is 9.47 Å². The van der Waals surface area contributed by atoms with Gasteiger partial charge in [-0.3, -0.25) is 0 Å². The fourth-order valence-corrected chi connectivity index (χ4v) is 3.12. The molecule has 2 aromatic carbocycles. The number of methoxy groups -OCH3 is 1. The average Bonchev–Trinajstić information content (AvgIpc) is 2.54. The first-order valence-electron chi connectivity index (χ1n) is 6.97. The van der Waals surface area contributed by atoms with Crippen molar-refractivity contribution in [3.05, 3.63) is 57.6 Å². The number of rotatable bonds is 3. The fraction of sp³-hybridized carbons (Fsp3) is 0.294. The molecule has 0 radical (unpaired) electrons. The minimum Gasteiger partial charge on any atom is -0.497 e. The average molecular weight is 349 g/mol. The fourth-order valence-electron chi connectivity index (χ4n) is 2.66. The molecule has 0 spiro atoms. The van der Waals surface area contributed by atoms with Crippen LogP contribution in [-0.2, 0) is 6.42 Å². The predicted octanol–water partition coefficient (Wildman–Crippen LogP) is 3.86. The van der Waals surface area contributed by atoms with Crippen LogP contribution in [0.2, 0.25) is 0 Å². The second kappa shape index (κ2) is 6.08. The summed E-state index contributed by atoms with van der Waals surface area (Å²) in [6, 6.07) is 11.5. The van der Waals surface area contributed by atoms with Gasteiger partial charge in [-0.1, -0.05) is 34.1 Å². The van der Waals surface area contributed by atoms with Crippen LogP contribution in [0.1, 0.15) is 29.2 Å². The van der Waals surface area contributed by atoms with Crippen molar-refractivity contribution in [2.24, 2.45) is 0 Å². The van der Waals surface area contributed by atoms with Crippen molar-refractivity contribution in [1.29, 1.82) is 0 Å². The number of hydrogen-bond acceptors (Lipinski definition) is 3. The van der Waals surface area contributed by atoms with Gasteiger partial charge >= 0.3 is 0 Å². The molecule has 0 amide bonds. The molecule has 3 rings (SSSR count). The Morgan fingerprint density at radius 3 is 2.90 bits per heavy atom. The van der Waals surface area contributed by atoms with Crippen molar-refractivity contribution in [2.45, 2.75) is 18.9 Å². The maximum absolute atomic E-state index is 10.8. The Kier molecular flexibility index (Phi) is 4.17. The molecule has 4 heteroatoms. The van der Waals surface area contributed by atoms with Crippen molar-refractivity contribution >= 4 is 15.9 Å². The second-order valence-electron chi connectivity index (χ2n) is 5.08. The number of ether oxygens (including phenoxy) is 2. The summed E-state index contributed by atoms with van der Waals surface area (Å²) in [5, 5.41) is 10.8. The van der Waals surface area contributed by atoms with E-state index in [-0.39, 0.29) is 0 Å². The van der Waals surface area contributed by atoms with Crippen LogP contribution >= 0.6 is 15.9 Å². The Balaban J connectivity index is 2.04. The topological polar surface area (TPSA) is 38.7 Å². The summed E-state index contributed by atoms with van der Waals surface area (Å²) in [5.74, 6) is 1.55. The van der Waals surface area contributed by atoms with Gasteiger partial charge < -0.3 is 14.6 Å². The van der Waals surface area contributed by atoms with E-state index >= 15 is 0 Å². The lowest BCUT2D eigenvalue weighted by Crippen LogP contribution is -2.13. The number of fused-ring (bicyclic) bond motifs is 1. The molecule has 1 unspecified atom stereocenters. The first-order valence-corrected chi connectivity index (χ1v) is 7.76. The van der Waals surface area contributed by atoms with E-state index in [0.29, 0.717) is 6.61 Å². The Morgan fingerprint density at radius 1 is 1.24 bits per heavy atom. The van der Waals surface area contributed by atoms with Crippen molar-refractivity contribution in [3.63, 3.8) is 0 Å². The van der Waals surface area contributed by atoms with Gasteiger partial charge in [-0.05, 0) is 36.6 Å². The molecule has 1 atom stereocenters. The summed E-state index contributed by atoms with van der Waals surface area (Å²) >= 11 is 3.50. The van der Waals surface area contributed by atoms with E-state index in [1.807, 2.05) is 30.3 Å². The van der Waals surface area contributed by atoms with Gasteiger partial charge in [-0.25, -0.2) is 0 Å². The zero-order valence-electron chi connectivity index (χ0n) is 11.8. The molecule has 0 aliphatic carbocycles. The van der Waals surface area contributed by atoms with E-state index in [0.717, 1.165) is 45.5 Å². The summed E-state index contributed by atoms with van der Waals surface area (Å²) in [5.41, 5.74) is 2.75. The van der Waals surface area contributed by atoms with Gasteiger partial charge in [0, 0.05) is 15.6 Å². The summed E-state index contributed by atoms with van der Waals surface area (Å²) < 4.78 is 11.9. The van der Waals surface area contributed by atoms with E-state index < -0.39 is 6.10 Å². The molecular formula is C17H17BrO3. The molecule has 1 aliphatic heterocycles. The Hall–Kier alpha value is -1.52. The first kappa shape index (κ1) is 14.4. The highest BCUT2D eigenvalue weighted by atomic mass is 79.9. The SMILES string of the molecule is COc1ccc(Br)c(C(O)c2cccc3c2OCCC3)c1. The minimum absolute atomic E-state index is 0.704. The van der Waals surface area contributed by atoms with Crippen LogP contribution in [0.5, 0.6) is 11.5 Å². The molecule has 0 saturated heterocycles. The highest BCUT2D eigenvalue weighted by Gasteiger charge is 2.22. The molecule has 1 aliphatic rings. The molecule has 0 aromatic heterocycles. The molecule has 0 bridgehead atoms. The van der Waals surface area contributed by atoms with E-state index in [9.17, 15) is 5.11 Å². The van der Waals surface area contributed by atoms with E-state index in [1.54, 1.807) is 7.11 Å². The van der Waals surface area contributed by atoms with Gasteiger partial charge in [-0.15, -0.1) is 0 Å². The van der Waals surface area contributed by atoms with Crippen LogP contribution in [0, 0.1) is 0 Å². The Morgan fingerprint density at radius 2 is 2.10 bits per heavy atom. The molecule has 1 N–H and O–H groups in total. The van der Waals surface area contributed by atoms with Crippen LogP contribution in [0.3, 0.4) is 0 Å². The van der Waals surface area contributed by atoms with Crippen LogP contribution in [0.4, 0.5) is 0 Å². The third-order valence-corrected chi connectivity index (χ3v) is 4.48. The summed E-state index contributed by atoms with van der Waals surface area (Å²) in [4.78, 5) is 0. The zero-order valence-corrected chi connectivity index (χ0v) is 13.4. The molecule has 0 saturated carbocycles. The number of halogens is 1. The van der Waals surface area contributed by atoms with Gasteiger partial charge in [0.05, 0.1) is 13.7 Å². The molecule has 0 fully saturated rings. The summed E-state index contributed by atoms with van der Waals surface area (Å²) in [7, 11) is 1.62. The van der Waals surface area contributed by atoms with Crippen molar-refractivity contribution in [2.75, 3.05) is 13.7 Å². The van der Waals surface area contributed by atoms with E-state index in [1.165, 1.54) is 0 Å². The Labute approximate surface area is 132 Å². The highest BCUT2D eigenvalue weighted by molar-refractivity contribution is 9.10. The normalized spacial score (nSPS) is 15.0. The van der Waals surface area contributed by atoms with Gasteiger partial charge in [0.2, 0.25) is 0 Å². The van der Waals surface area contributed by atoms with E-state index in [4.69, 9.17) is 9.47 Å². The molecule has 2 aromatic rings. The number of para-hydroxylation sites is 1. The quantitative estimate of drug-likeness (QED) is 0.915. The standard InChI is InChI=1S/C17H17BrO3/c1-20-12-7-8-15(18)14(10-12)16(19)13-6-2-4-11-5-3-9-21-17(11)13/h2,4,6-8,10,16,19H,3,5,9H2,1H3. The Bertz CT molecular complexity index is 654. The minimum atomic E-state index is -0.748. The molecule has 110 valence electrons. The zero-order chi connectivity index (χ0) is 14.8. The number of aliphatic hydroxyl groups excluding tert-OH is 1. The number of hydrogen-bond donors (Lipinski definition) is 1. The lowest BCUT2D eigenvalue weighted by Gasteiger charge is -2.23. The molecular weight excluding hydrogens is 332 g/mol. The smallest absolute Gasteiger partial charge is 0.128 e. The van der Waals surface area contributed by atoms with Crippen LogP contribution in [0.25, 0.3) is 0 Å². The third kappa shape index (κ3) is 2.78. The second-order valence-corrected chi connectivity index (χ2v) is 5.93. The maximum Gasteiger partial charge on any atom is 0.128 e. The van der Waals surface area contributed by atoms with Crippen LogP contribution in [-0.4, -0.2) is 18.8 Å². The first-order chi connectivity index (χ1) is 10.2. The monoisotopic (exact) mass is 348 g/mol. The number of aryl methyl sites for hydroxylation is 1. The van der Waals surface area contributed by atoms with Crippen molar-refractivity contribution < 1.29 is 14.6 Å². The van der Waals surface area contributed by atoms with Gasteiger partial charge in [0.1, 0.15) is 17.6 Å².